The van der Waals surface area contributed by atoms with Gasteiger partial charge in [-0.3, -0.25) is 19.4 Å². The van der Waals surface area contributed by atoms with Crippen LogP contribution in [0.3, 0.4) is 0 Å². The molecular weight excluding hydrogens is 763 g/mol. The average molecular weight is 820 g/mol. The van der Waals surface area contributed by atoms with Gasteiger partial charge in [0.2, 0.25) is 11.8 Å². The second-order valence-corrected chi connectivity index (χ2v) is 17.3. The van der Waals surface area contributed by atoms with E-state index < -0.39 is 27.8 Å². The molecule has 2 aliphatic rings. The Labute approximate surface area is 341 Å². The van der Waals surface area contributed by atoms with E-state index in [1.54, 1.807) is 59.7 Å². The molecule has 2 unspecified atom stereocenters. The third-order valence-electron chi connectivity index (χ3n) is 10.7. The molecule has 2 aromatic heterocycles. The number of para-hydroxylation sites is 1. The molecule has 0 spiro atoms. The molecule has 0 bridgehead atoms. The highest BCUT2D eigenvalue weighted by Gasteiger charge is 2.35. The lowest BCUT2D eigenvalue weighted by atomic mass is 10.1. The quantitative estimate of drug-likeness (QED) is 0.110. The van der Waals surface area contributed by atoms with Gasteiger partial charge in [-0.1, -0.05) is 71.8 Å². The maximum absolute atomic E-state index is 14.4. The topological polar surface area (TPSA) is 184 Å². The van der Waals surface area contributed by atoms with Crippen LogP contribution in [0.2, 0.25) is 0 Å². The zero-order valence-corrected chi connectivity index (χ0v) is 34.8. The van der Waals surface area contributed by atoms with Crippen molar-refractivity contribution >= 4 is 21.9 Å². The lowest BCUT2D eigenvalue weighted by molar-refractivity contribution is -0.140. The predicted octanol–water partition coefficient (Wildman–Crippen LogP) is 1.94. The van der Waals surface area contributed by atoms with Crippen molar-refractivity contribution in [3.05, 3.63) is 78.2 Å². The highest BCUT2D eigenvalue weighted by Crippen LogP contribution is 2.23. The monoisotopic (exact) mass is 819 g/mol. The van der Waals surface area contributed by atoms with Crippen LogP contribution < -0.4 is 9.50 Å². The molecule has 2 aliphatic heterocycles. The summed E-state index contributed by atoms with van der Waals surface area (Å²) in [5, 5.41) is 31.2. The fraction of sp³-hybridized carbons (Fsp3) is 0.550. The molecule has 18 heteroatoms. The van der Waals surface area contributed by atoms with E-state index in [9.17, 15) is 23.1 Å². The summed E-state index contributed by atoms with van der Waals surface area (Å²) in [7, 11) is -3.78. The van der Waals surface area contributed by atoms with Crippen molar-refractivity contribution in [3.63, 3.8) is 0 Å². The first-order chi connectivity index (χ1) is 27.8. The molecule has 0 radical (unpaired) electrons. The number of carbonyl (C=O) groups excluding carboxylic acids is 2. The summed E-state index contributed by atoms with van der Waals surface area (Å²) in [6.45, 7) is 13.1. The molecular formula is C40H57N11O6S. The summed E-state index contributed by atoms with van der Waals surface area (Å²) in [6.07, 6.45) is 5.46. The molecule has 4 aromatic rings. The molecule has 2 aromatic carbocycles. The number of hydrogen-bond donors (Lipinski definition) is 2. The van der Waals surface area contributed by atoms with Gasteiger partial charge in [-0.25, -0.2) is 9.36 Å². The molecule has 2 saturated heterocycles. The van der Waals surface area contributed by atoms with Crippen LogP contribution in [0, 0.1) is 6.92 Å². The maximum atomic E-state index is 14.4. The SMILES string of the molecule is CCCCNCC(C(=O)N1CCN(CC(C(=O)N2CCN(CCS(=O)(=O)Oc3ccccc3)CC2)n2cc(-c3ccc(C)cc3)nn2)CC1)n1cc(C(C)(C)O)nn1. The molecule has 2 amide bonds. The first kappa shape index (κ1) is 42.8. The van der Waals surface area contributed by atoms with E-state index in [2.05, 4.69) is 37.8 Å². The van der Waals surface area contributed by atoms with E-state index in [0.29, 0.717) is 83.4 Å². The first-order valence-corrected chi connectivity index (χ1v) is 21.7. The number of rotatable bonds is 18. The third-order valence-corrected chi connectivity index (χ3v) is 11.8. The van der Waals surface area contributed by atoms with Crippen LogP contribution in [0.15, 0.2) is 67.0 Å². The number of unbranched alkanes of at least 4 members (excludes halogenated alkanes) is 1. The zero-order valence-electron chi connectivity index (χ0n) is 34.0. The van der Waals surface area contributed by atoms with E-state index >= 15 is 0 Å². The van der Waals surface area contributed by atoms with Gasteiger partial charge in [0, 0.05) is 77.6 Å². The molecule has 2 atom stereocenters. The first-order valence-electron chi connectivity index (χ1n) is 20.1. The van der Waals surface area contributed by atoms with E-state index in [1.165, 1.54) is 0 Å². The van der Waals surface area contributed by atoms with Gasteiger partial charge >= 0.3 is 10.1 Å². The van der Waals surface area contributed by atoms with E-state index in [1.807, 2.05) is 52.1 Å². The molecule has 58 heavy (non-hydrogen) atoms. The number of benzene rings is 2. The maximum Gasteiger partial charge on any atom is 0.310 e. The number of amides is 2. The Hall–Kier alpha value is -4.75. The van der Waals surface area contributed by atoms with Crippen molar-refractivity contribution in [2.24, 2.45) is 0 Å². The minimum atomic E-state index is -3.78. The number of nitrogens with zero attached hydrogens (tertiary/aromatic N) is 10. The number of carbonyl (C=O) groups is 2. The molecule has 4 heterocycles. The lowest BCUT2D eigenvalue weighted by Gasteiger charge is -2.39. The number of hydrogen-bond acceptors (Lipinski definition) is 13. The van der Waals surface area contributed by atoms with Crippen LogP contribution in [-0.4, -0.2) is 159 Å². The Bertz CT molecular complexity index is 2040. The Balaban J connectivity index is 1.10. The largest absolute Gasteiger partial charge is 0.384 e. The minimum absolute atomic E-state index is 0.0835. The van der Waals surface area contributed by atoms with Gasteiger partial charge in [-0.2, -0.15) is 8.42 Å². The fourth-order valence-corrected chi connectivity index (χ4v) is 7.99. The minimum Gasteiger partial charge on any atom is -0.384 e. The van der Waals surface area contributed by atoms with Gasteiger partial charge in [0.25, 0.3) is 0 Å². The Morgan fingerprint density at radius 3 is 2.05 bits per heavy atom. The van der Waals surface area contributed by atoms with Crippen molar-refractivity contribution in [1.82, 2.24) is 54.9 Å². The summed E-state index contributed by atoms with van der Waals surface area (Å²) >= 11 is 0. The van der Waals surface area contributed by atoms with Crippen LogP contribution in [0.5, 0.6) is 5.75 Å². The van der Waals surface area contributed by atoms with Gasteiger partial charge in [0.05, 0.1) is 18.1 Å². The van der Waals surface area contributed by atoms with Gasteiger partial charge in [-0.15, -0.1) is 10.2 Å². The van der Waals surface area contributed by atoms with Crippen molar-refractivity contribution in [1.29, 1.82) is 0 Å². The van der Waals surface area contributed by atoms with Gasteiger partial charge in [-0.05, 0) is 45.9 Å². The molecule has 17 nitrogen and oxygen atoms in total. The Morgan fingerprint density at radius 2 is 1.43 bits per heavy atom. The number of nitrogens with one attached hydrogen (secondary N) is 1. The van der Waals surface area contributed by atoms with Crippen molar-refractivity contribution in [2.75, 3.05) is 84.3 Å². The molecule has 314 valence electrons. The predicted molar refractivity (Wildman–Crippen MR) is 218 cm³/mol. The number of aromatic nitrogens is 6. The summed E-state index contributed by atoms with van der Waals surface area (Å²) in [4.78, 5) is 36.3. The van der Waals surface area contributed by atoms with Gasteiger partial charge in [0.1, 0.15) is 34.8 Å². The third kappa shape index (κ3) is 11.5. The summed E-state index contributed by atoms with van der Waals surface area (Å²) in [5.74, 6) is -0.0570. The van der Waals surface area contributed by atoms with E-state index in [0.717, 1.165) is 30.5 Å². The smallest absolute Gasteiger partial charge is 0.310 e. The van der Waals surface area contributed by atoms with Gasteiger partial charge < -0.3 is 24.4 Å². The highest BCUT2D eigenvalue weighted by atomic mass is 32.2. The van der Waals surface area contributed by atoms with E-state index in [-0.39, 0.29) is 23.3 Å². The standard InChI is InChI=1S/C40H57N11O6S/c1-5-6-16-41-27-35(51-30-37(43-45-51)40(3,4)54)38(52)48-23-19-47(20-24-48)29-36(50-28-34(42-44-50)32-14-12-31(2)13-15-32)39(53)49-21-17-46(18-22-49)25-26-58(55,56)57-33-10-8-7-9-11-33/h7-15,28,30,35-36,41,54H,5-6,16-27,29H2,1-4H3. The zero-order chi connectivity index (χ0) is 41.3. The van der Waals surface area contributed by atoms with Crippen LogP contribution in [0.4, 0.5) is 0 Å². The van der Waals surface area contributed by atoms with Gasteiger partial charge in [0.15, 0.2) is 0 Å². The summed E-state index contributed by atoms with van der Waals surface area (Å²) in [5.41, 5.74) is 1.88. The van der Waals surface area contributed by atoms with Crippen molar-refractivity contribution < 1.29 is 27.3 Å². The fourth-order valence-electron chi connectivity index (χ4n) is 7.02. The summed E-state index contributed by atoms with van der Waals surface area (Å²) in [6, 6.07) is 15.1. The lowest BCUT2D eigenvalue weighted by Crippen LogP contribution is -2.55. The number of piperazine rings is 2. The molecule has 6 rings (SSSR count). The molecule has 0 aliphatic carbocycles. The Morgan fingerprint density at radius 1 is 0.828 bits per heavy atom. The normalized spacial score (nSPS) is 17.0. The number of aryl methyl sites for hydroxylation is 1. The van der Waals surface area contributed by atoms with Crippen LogP contribution >= 0.6 is 0 Å². The average Bonchev–Trinajstić information content (AvgIpc) is 3.92. The number of aliphatic hydroxyl groups is 1. The van der Waals surface area contributed by atoms with Crippen molar-refractivity contribution in [2.45, 2.75) is 58.2 Å². The van der Waals surface area contributed by atoms with E-state index in [4.69, 9.17) is 4.18 Å². The second-order valence-electron chi connectivity index (χ2n) is 15.6. The molecule has 2 fully saturated rings. The van der Waals surface area contributed by atoms with Crippen LogP contribution in [-0.2, 0) is 25.3 Å². The molecule has 0 saturated carbocycles. The van der Waals surface area contributed by atoms with Crippen molar-refractivity contribution in [3.8, 4) is 17.0 Å². The Kier molecular flexibility index (Phi) is 14.3. The second kappa shape index (κ2) is 19.3. The molecule has 2 N–H and O–H groups in total. The van der Waals surface area contributed by atoms with Crippen LogP contribution in [0.1, 0.15) is 57.0 Å². The summed E-state index contributed by atoms with van der Waals surface area (Å²) < 4.78 is 33.8. The van der Waals surface area contributed by atoms with Crippen LogP contribution in [0.25, 0.3) is 11.3 Å². The highest BCUT2D eigenvalue weighted by molar-refractivity contribution is 7.87.